The molecule has 8 heteroatoms. The standard InChI is InChI=1S/C19H24N4O3.HI/c1-3-20-19(22-12-15-5-4-6-18(23-15)24-2)21-10-9-14-7-8-16-17(11-14)26-13-25-16;/h4-8,11H,3,9-10,12-13H2,1-2H3,(H2,20,21,22);1H. The number of ether oxygens (including phenoxy) is 3. The molecule has 1 aromatic heterocycles. The summed E-state index contributed by atoms with van der Waals surface area (Å²) in [6.45, 7) is 4.38. The lowest BCUT2D eigenvalue weighted by Gasteiger charge is -2.11. The van der Waals surface area contributed by atoms with E-state index in [1.165, 1.54) is 5.56 Å². The van der Waals surface area contributed by atoms with Gasteiger partial charge in [-0.2, -0.15) is 0 Å². The lowest BCUT2D eigenvalue weighted by molar-refractivity contribution is 0.174. The smallest absolute Gasteiger partial charge is 0.231 e. The summed E-state index contributed by atoms with van der Waals surface area (Å²) in [7, 11) is 1.61. The van der Waals surface area contributed by atoms with Crippen molar-refractivity contribution in [2.24, 2.45) is 4.99 Å². The van der Waals surface area contributed by atoms with Gasteiger partial charge in [0.15, 0.2) is 17.5 Å². The third kappa shape index (κ3) is 6.16. The highest BCUT2D eigenvalue weighted by atomic mass is 127. The maximum atomic E-state index is 5.42. The molecule has 0 fully saturated rings. The molecule has 7 nitrogen and oxygen atoms in total. The zero-order valence-electron chi connectivity index (χ0n) is 15.5. The first kappa shape index (κ1) is 21.1. The van der Waals surface area contributed by atoms with Crippen molar-refractivity contribution in [3.8, 4) is 17.4 Å². The second kappa shape index (κ2) is 10.8. The van der Waals surface area contributed by atoms with E-state index < -0.39 is 0 Å². The van der Waals surface area contributed by atoms with E-state index in [0.717, 1.165) is 42.7 Å². The van der Waals surface area contributed by atoms with E-state index in [2.05, 4.69) is 26.7 Å². The molecule has 0 saturated carbocycles. The molecule has 0 bridgehead atoms. The van der Waals surface area contributed by atoms with E-state index >= 15 is 0 Å². The lowest BCUT2D eigenvalue weighted by atomic mass is 10.1. The summed E-state index contributed by atoms with van der Waals surface area (Å²) in [6, 6.07) is 11.7. The Morgan fingerprint density at radius 2 is 2.04 bits per heavy atom. The molecule has 27 heavy (non-hydrogen) atoms. The van der Waals surface area contributed by atoms with E-state index in [4.69, 9.17) is 14.2 Å². The monoisotopic (exact) mass is 484 g/mol. The van der Waals surface area contributed by atoms with Gasteiger partial charge in [-0.15, -0.1) is 24.0 Å². The molecule has 0 radical (unpaired) electrons. The second-order valence-electron chi connectivity index (χ2n) is 5.73. The van der Waals surface area contributed by atoms with Crippen LogP contribution in [0.2, 0.25) is 0 Å². The van der Waals surface area contributed by atoms with Gasteiger partial charge in [0, 0.05) is 19.2 Å². The Kier molecular flexibility index (Phi) is 8.43. The molecule has 1 aliphatic rings. The first-order chi connectivity index (χ1) is 12.8. The van der Waals surface area contributed by atoms with Gasteiger partial charge in [0.2, 0.25) is 12.7 Å². The minimum absolute atomic E-state index is 0. The third-order valence-electron chi connectivity index (χ3n) is 3.88. The summed E-state index contributed by atoms with van der Waals surface area (Å²) in [4.78, 5) is 8.95. The van der Waals surface area contributed by atoms with Crippen molar-refractivity contribution in [1.82, 2.24) is 15.6 Å². The number of aromatic nitrogens is 1. The summed E-state index contributed by atoms with van der Waals surface area (Å²) in [5, 5.41) is 6.59. The number of nitrogens with zero attached hydrogens (tertiary/aromatic N) is 2. The highest BCUT2D eigenvalue weighted by Crippen LogP contribution is 2.32. The van der Waals surface area contributed by atoms with E-state index in [9.17, 15) is 0 Å². The molecule has 0 spiro atoms. The van der Waals surface area contributed by atoms with Crippen molar-refractivity contribution in [2.45, 2.75) is 19.9 Å². The van der Waals surface area contributed by atoms with Gasteiger partial charge in [-0.1, -0.05) is 12.1 Å². The highest BCUT2D eigenvalue weighted by molar-refractivity contribution is 14.0. The molecule has 2 heterocycles. The molecule has 1 aliphatic heterocycles. The summed E-state index contributed by atoms with van der Waals surface area (Å²) < 4.78 is 15.9. The Morgan fingerprint density at radius 1 is 1.19 bits per heavy atom. The Balaban J connectivity index is 0.00000261. The van der Waals surface area contributed by atoms with Crippen LogP contribution in [0.1, 0.15) is 18.2 Å². The van der Waals surface area contributed by atoms with Crippen LogP contribution >= 0.6 is 24.0 Å². The van der Waals surface area contributed by atoms with Crippen molar-refractivity contribution in [1.29, 1.82) is 0 Å². The molecule has 146 valence electrons. The Bertz CT molecular complexity index is 770. The van der Waals surface area contributed by atoms with E-state index in [1.807, 2.05) is 37.3 Å². The van der Waals surface area contributed by atoms with Gasteiger partial charge in [0.05, 0.1) is 19.3 Å². The van der Waals surface area contributed by atoms with Crippen LogP contribution in [0.5, 0.6) is 17.4 Å². The topological polar surface area (TPSA) is 77.0 Å². The molecular weight excluding hydrogens is 459 g/mol. The first-order valence-electron chi connectivity index (χ1n) is 8.69. The predicted molar refractivity (Wildman–Crippen MR) is 115 cm³/mol. The number of rotatable bonds is 7. The number of aliphatic imine (C=N–C) groups is 1. The number of fused-ring (bicyclic) bond motifs is 1. The van der Waals surface area contributed by atoms with E-state index in [0.29, 0.717) is 19.2 Å². The highest BCUT2D eigenvalue weighted by Gasteiger charge is 2.12. The van der Waals surface area contributed by atoms with Crippen LogP contribution in [0.15, 0.2) is 41.4 Å². The van der Waals surface area contributed by atoms with Crippen LogP contribution in [-0.2, 0) is 13.0 Å². The first-order valence-corrected chi connectivity index (χ1v) is 8.69. The van der Waals surface area contributed by atoms with Gasteiger partial charge in [-0.05, 0) is 37.1 Å². The molecule has 0 aliphatic carbocycles. The molecule has 1 aromatic carbocycles. The molecule has 0 atom stereocenters. The van der Waals surface area contributed by atoms with Crippen molar-refractivity contribution < 1.29 is 14.2 Å². The number of benzene rings is 1. The van der Waals surface area contributed by atoms with Gasteiger partial charge < -0.3 is 24.8 Å². The van der Waals surface area contributed by atoms with Crippen molar-refractivity contribution in [2.75, 3.05) is 27.0 Å². The van der Waals surface area contributed by atoms with Crippen LogP contribution in [0.3, 0.4) is 0 Å². The summed E-state index contributed by atoms with van der Waals surface area (Å²) in [5.74, 6) is 2.98. The number of guanidine groups is 1. The van der Waals surface area contributed by atoms with Gasteiger partial charge >= 0.3 is 0 Å². The second-order valence-corrected chi connectivity index (χ2v) is 5.73. The molecule has 0 amide bonds. The van der Waals surface area contributed by atoms with E-state index in [1.54, 1.807) is 7.11 Å². The largest absolute Gasteiger partial charge is 0.481 e. The number of nitrogens with one attached hydrogen (secondary N) is 2. The SMILES string of the molecule is CCNC(=NCc1cccc(OC)n1)NCCc1ccc2c(c1)OCO2.I. The van der Waals surface area contributed by atoms with Gasteiger partial charge in [-0.3, -0.25) is 0 Å². The van der Waals surface area contributed by atoms with Crippen LogP contribution in [0, 0.1) is 0 Å². The number of halogens is 1. The van der Waals surface area contributed by atoms with Crippen LogP contribution in [0.25, 0.3) is 0 Å². The zero-order chi connectivity index (χ0) is 18.2. The molecule has 0 unspecified atom stereocenters. The van der Waals surface area contributed by atoms with Gasteiger partial charge in [-0.25, -0.2) is 9.98 Å². The van der Waals surface area contributed by atoms with Crippen molar-refractivity contribution in [3.05, 3.63) is 47.7 Å². The molecule has 0 saturated heterocycles. The number of methoxy groups -OCH3 is 1. The lowest BCUT2D eigenvalue weighted by Crippen LogP contribution is -2.38. The summed E-state index contributed by atoms with van der Waals surface area (Å²) in [6.07, 6.45) is 0.860. The van der Waals surface area contributed by atoms with Gasteiger partial charge in [0.25, 0.3) is 0 Å². The zero-order valence-corrected chi connectivity index (χ0v) is 17.9. The summed E-state index contributed by atoms with van der Waals surface area (Å²) >= 11 is 0. The Morgan fingerprint density at radius 3 is 2.85 bits per heavy atom. The van der Waals surface area contributed by atoms with Gasteiger partial charge in [0.1, 0.15) is 0 Å². The average Bonchev–Trinajstić information content (AvgIpc) is 3.14. The van der Waals surface area contributed by atoms with E-state index in [-0.39, 0.29) is 24.0 Å². The quantitative estimate of drug-likeness (QED) is 0.358. The molecular formula is C19H25IN4O3. The van der Waals surface area contributed by atoms with Crippen LogP contribution in [0.4, 0.5) is 0 Å². The normalized spacial score (nSPS) is 12.3. The third-order valence-corrected chi connectivity index (χ3v) is 3.88. The maximum absolute atomic E-state index is 5.42. The van der Waals surface area contributed by atoms with Crippen LogP contribution < -0.4 is 24.8 Å². The Labute approximate surface area is 176 Å². The van der Waals surface area contributed by atoms with Crippen molar-refractivity contribution in [3.63, 3.8) is 0 Å². The number of pyridine rings is 1. The molecule has 2 aromatic rings. The maximum Gasteiger partial charge on any atom is 0.231 e. The summed E-state index contributed by atoms with van der Waals surface area (Å²) in [5.41, 5.74) is 2.05. The molecule has 2 N–H and O–H groups in total. The molecule has 3 rings (SSSR count). The fraction of sp³-hybridized carbons (Fsp3) is 0.368. The fourth-order valence-electron chi connectivity index (χ4n) is 2.58. The minimum Gasteiger partial charge on any atom is -0.481 e. The average molecular weight is 484 g/mol. The minimum atomic E-state index is 0. The van der Waals surface area contributed by atoms with Crippen molar-refractivity contribution >= 4 is 29.9 Å². The fourth-order valence-corrected chi connectivity index (χ4v) is 2.58. The predicted octanol–water partition coefficient (Wildman–Crippen LogP) is 2.73. The number of hydrogen-bond donors (Lipinski definition) is 2. The van der Waals surface area contributed by atoms with Crippen LogP contribution in [-0.4, -0.2) is 37.9 Å². The Hall–Kier alpha value is -2.23. The number of hydrogen-bond acceptors (Lipinski definition) is 5.